The Labute approximate surface area is 179 Å². The van der Waals surface area contributed by atoms with Crippen LogP contribution < -0.4 is 20.9 Å². The molecule has 3 heterocycles. The summed E-state index contributed by atoms with van der Waals surface area (Å²) >= 11 is 0. The van der Waals surface area contributed by atoms with E-state index in [1.807, 2.05) is 13.8 Å². The molecule has 4 rings (SSSR count). The molecule has 1 atom stereocenters. The number of pyridine rings is 2. The van der Waals surface area contributed by atoms with Crippen molar-refractivity contribution in [2.24, 2.45) is 10.7 Å². The first-order chi connectivity index (χ1) is 15.0. The molecule has 8 heteroatoms. The van der Waals surface area contributed by atoms with Crippen molar-refractivity contribution in [3.05, 3.63) is 77.7 Å². The van der Waals surface area contributed by atoms with Crippen LogP contribution in [0.25, 0.3) is 11.3 Å². The second kappa shape index (κ2) is 8.43. The first kappa shape index (κ1) is 20.3. The Morgan fingerprint density at radius 2 is 2.03 bits per heavy atom. The molecule has 0 amide bonds. The number of nitrogen functional groups attached to an aromatic ring is 1. The van der Waals surface area contributed by atoms with Crippen LogP contribution in [0.15, 0.2) is 65.7 Å². The highest BCUT2D eigenvalue weighted by Gasteiger charge is 2.23. The zero-order valence-corrected chi connectivity index (χ0v) is 17.2. The molecule has 1 aliphatic heterocycles. The molecule has 1 aromatic carbocycles. The molecule has 0 radical (unpaired) electrons. The molecular weight excluding hydrogens is 397 g/mol. The summed E-state index contributed by atoms with van der Waals surface area (Å²) < 4.78 is 26.5. The highest BCUT2D eigenvalue weighted by molar-refractivity contribution is 6.11. The second-order valence-corrected chi connectivity index (χ2v) is 6.91. The van der Waals surface area contributed by atoms with E-state index in [1.165, 1.54) is 18.3 Å². The minimum absolute atomic E-state index is 0.208. The molecule has 7 nitrogen and oxygen atoms in total. The van der Waals surface area contributed by atoms with E-state index in [1.54, 1.807) is 36.7 Å². The van der Waals surface area contributed by atoms with E-state index in [0.29, 0.717) is 51.9 Å². The van der Waals surface area contributed by atoms with Crippen LogP contribution >= 0.6 is 0 Å². The maximum atomic E-state index is 14.2. The van der Waals surface area contributed by atoms with Gasteiger partial charge < -0.3 is 20.9 Å². The van der Waals surface area contributed by atoms with E-state index in [2.05, 4.69) is 15.0 Å². The predicted molar refractivity (Wildman–Crippen MR) is 117 cm³/mol. The third-order valence-corrected chi connectivity index (χ3v) is 4.86. The molecule has 0 unspecified atom stereocenters. The van der Waals surface area contributed by atoms with Crippen molar-refractivity contribution in [2.45, 2.75) is 20.0 Å². The number of fused-ring (bicyclic) bond motifs is 5. The Kier molecular flexibility index (Phi) is 5.53. The molecule has 2 bridgehead atoms. The van der Waals surface area contributed by atoms with Crippen LogP contribution in [0.5, 0.6) is 11.5 Å². The quantitative estimate of drug-likeness (QED) is 0.617. The van der Waals surface area contributed by atoms with Gasteiger partial charge in [-0.2, -0.15) is 0 Å². The number of hydrogen-bond acceptors (Lipinski definition) is 7. The molecule has 0 saturated heterocycles. The first-order valence-electron chi connectivity index (χ1n) is 9.83. The highest BCUT2D eigenvalue weighted by Crippen LogP contribution is 2.38. The Bertz CT molecular complexity index is 1190. The molecule has 158 valence electrons. The van der Waals surface area contributed by atoms with Gasteiger partial charge in [-0.25, -0.2) is 9.37 Å². The summed E-state index contributed by atoms with van der Waals surface area (Å²) in [7, 11) is 0. The van der Waals surface area contributed by atoms with Crippen LogP contribution in [0.3, 0.4) is 0 Å². The zero-order chi connectivity index (χ0) is 22.0. The van der Waals surface area contributed by atoms with Crippen LogP contribution in [0.2, 0.25) is 0 Å². The van der Waals surface area contributed by atoms with E-state index in [9.17, 15) is 4.39 Å². The van der Waals surface area contributed by atoms with Gasteiger partial charge in [-0.1, -0.05) is 0 Å². The van der Waals surface area contributed by atoms with Crippen LogP contribution in [0.1, 0.15) is 31.1 Å². The van der Waals surface area contributed by atoms with Crippen molar-refractivity contribution in [3.63, 3.8) is 0 Å². The van der Waals surface area contributed by atoms with Gasteiger partial charge in [0.1, 0.15) is 23.3 Å². The zero-order valence-electron chi connectivity index (χ0n) is 17.2. The number of nitrogens with zero attached hydrogens (tertiary/aromatic N) is 3. The van der Waals surface area contributed by atoms with Crippen LogP contribution in [0, 0.1) is 5.82 Å². The summed E-state index contributed by atoms with van der Waals surface area (Å²) in [5.41, 5.74) is 14.9. The van der Waals surface area contributed by atoms with Crippen molar-refractivity contribution in [3.8, 4) is 22.8 Å². The standard InChI is InChI=1S/C23H22FN5O2/c1-3-27-21-14-9-19(23(26)29-12-14)30-13(2)17-10-15(24)6-7-16(17)22-18(5-4-8-28-22)31-20(21)11-25/h4-13H,3,25H2,1-2H3,(H2,26,29)/b20-11+,27-21?/t13-/m1/s1. The molecule has 2 aromatic heterocycles. The maximum absolute atomic E-state index is 14.2. The van der Waals surface area contributed by atoms with Crippen LogP contribution in [-0.4, -0.2) is 22.2 Å². The Morgan fingerprint density at radius 3 is 2.81 bits per heavy atom. The summed E-state index contributed by atoms with van der Waals surface area (Å²) in [4.78, 5) is 13.3. The number of benzene rings is 1. The van der Waals surface area contributed by atoms with Crippen molar-refractivity contribution >= 4 is 11.5 Å². The number of nitrogens with two attached hydrogens (primary N) is 2. The topological polar surface area (TPSA) is 109 Å². The largest absolute Gasteiger partial charge is 0.482 e. The summed E-state index contributed by atoms with van der Waals surface area (Å²) in [6, 6.07) is 9.69. The van der Waals surface area contributed by atoms with Crippen LogP contribution in [0.4, 0.5) is 10.2 Å². The Hall–Kier alpha value is -3.94. The number of hydrogen-bond donors (Lipinski definition) is 2. The Balaban J connectivity index is 2.01. The van der Waals surface area contributed by atoms with Crippen molar-refractivity contribution in [2.75, 3.05) is 12.3 Å². The fraction of sp³-hybridized carbons (Fsp3) is 0.174. The minimum atomic E-state index is -0.546. The average molecular weight is 419 g/mol. The number of ether oxygens (including phenoxy) is 2. The van der Waals surface area contributed by atoms with Gasteiger partial charge in [-0.15, -0.1) is 0 Å². The number of rotatable bonds is 1. The summed E-state index contributed by atoms with van der Waals surface area (Å²) in [5, 5.41) is 0. The van der Waals surface area contributed by atoms with Gasteiger partial charge in [0.05, 0.1) is 0 Å². The molecule has 0 spiro atoms. The van der Waals surface area contributed by atoms with Gasteiger partial charge in [-0.05, 0) is 50.2 Å². The third-order valence-electron chi connectivity index (χ3n) is 4.86. The number of anilines is 1. The summed E-state index contributed by atoms with van der Waals surface area (Å²) in [6.07, 6.45) is 4.01. The smallest absolute Gasteiger partial charge is 0.168 e. The lowest BCUT2D eigenvalue weighted by atomic mass is 9.99. The van der Waals surface area contributed by atoms with E-state index < -0.39 is 6.10 Å². The molecule has 31 heavy (non-hydrogen) atoms. The summed E-state index contributed by atoms with van der Waals surface area (Å²) in [6.45, 7) is 4.21. The van der Waals surface area contributed by atoms with Gasteiger partial charge in [0, 0.05) is 41.8 Å². The van der Waals surface area contributed by atoms with Gasteiger partial charge in [0.25, 0.3) is 0 Å². The lowest BCUT2D eigenvalue weighted by Crippen LogP contribution is -2.16. The highest BCUT2D eigenvalue weighted by atomic mass is 19.1. The van der Waals surface area contributed by atoms with Crippen molar-refractivity contribution in [1.29, 1.82) is 0 Å². The monoisotopic (exact) mass is 419 g/mol. The molecule has 0 saturated carbocycles. The number of aliphatic imine (C=N–C) groups is 1. The van der Waals surface area contributed by atoms with E-state index in [-0.39, 0.29) is 11.6 Å². The van der Waals surface area contributed by atoms with E-state index >= 15 is 0 Å². The molecule has 0 fully saturated rings. The SMILES string of the molecule is CCN=C1/C(=C\N)Oc2cccnc2-c2ccc(F)cc2[C@@H](C)Oc2cc1cnc2N. The van der Waals surface area contributed by atoms with Gasteiger partial charge in [-0.3, -0.25) is 9.98 Å². The molecule has 1 aliphatic rings. The van der Waals surface area contributed by atoms with Crippen molar-refractivity contribution < 1.29 is 13.9 Å². The lowest BCUT2D eigenvalue weighted by molar-refractivity contribution is 0.227. The minimum Gasteiger partial charge on any atom is -0.482 e. The third kappa shape index (κ3) is 3.92. The first-order valence-corrected chi connectivity index (χ1v) is 9.83. The number of allylic oxidation sites excluding steroid dienone is 1. The molecule has 0 aliphatic carbocycles. The van der Waals surface area contributed by atoms with Gasteiger partial charge in [0.2, 0.25) is 0 Å². The molecular formula is C23H22FN5O2. The normalized spacial score (nSPS) is 18.2. The molecule has 4 N–H and O–H groups in total. The van der Waals surface area contributed by atoms with Crippen LogP contribution in [-0.2, 0) is 0 Å². The van der Waals surface area contributed by atoms with Gasteiger partial charge >= 0.3 is 0 Å². The number of aromatic nitrogens is 2. The number of halogens is 1. The van der Waals surface area contributed by atoms with E-state index in [4.69, 9.17) is 20.9 Å². The average Bonchev–Trinajstić information content (AvgIpc) is 2.77. The second-order valence-electron chi connectivity index (χ2n) is 6.91. The van der Waals surface area contributed by atoms with Crippen molar-refractivity contribution in [1.82, 2.24) is 9.97 Å². The Morgan fingerprint density at radius 1 is 1.19 bits per heavy atom. The summed E-state index contributed by atoms with van der Waals surface area (Å²) in [5.74, 6) is 0.944. The maximum Gasteiger partial charge on any atom is 0.168 e. The fourth-order valence-corrected chi connectivity index (χ4v) is 3.44. The van der Waals surface area contributed by atoms with Gasteiger partial charge in [0.15, 0.2) is 23.1 Å². The lowest BCUT2D eigenvalue weighted by Gasteiger charge is -2.22. The van der Waals surface area contributed by atoms with E-state index in [0.717, 1.165) is 0 Å². The molecule has 3 aromatic rings. The predicted octanol–water partition coefficient (Wildman–Crippen LogP) is 4.01. The fourth-order valence-electron chi connectivity index (χ4n) is 3.44.